The zero-order valence-corrected chi connectivity index (χ0v) is 21.2. The molecule has 2 aromatic carbocycles. The number of benzene rings is 2. The van der Waals surface area contributed by atoms with Gasteiger partial charge in [0.25, 0.3) is 5.91 Å². The Kier molecular flexibility index (Phi) is 6.95. The Bertz CT molecular complexity index is 1330. The second-order valence-electron chi connectivity index (χ2n) is 9.68. The molecule has 0 saturated carbocycles. The van der Waals surface area contributed by atoms with Crippen LogP contribution in [-0.2, 0) is 30.0 Å². The summed E-state index contributed by atoms with van der Waals surface area (Å²) < 4.78 is 29.5. The van der Waals surface area contributed by atoms with E-state index >= 15 is 0 Å². The van der Waals surface area contributed by atoms with Crippen LogP contribution in [0.15, 0.2) is 53.4 Å². The Morgan fingerprint density at radius 1 is 0.971 bits per heavy atom. The van der Waals surface area contributed by atoms with Gasteiger partial charge in [-0.25, -0.2) is 8.42 Å². The molecule has 3 aromatic rings. The third-order valence-electron chi connectivity index (χ3n) is 7.35. The number of sulfonamides is 1. The predicted octanol–water partition coefficient (Wildman–Crippen LogP) is 3.53. The van der Waals surface area contributed by atoms with Gasteiger partial charge in [-0.3, -0.25) is 9.69 Å². The van der Waals surface area contributed by atoms with Crippen molar-refractivity contribution >= 4 is 26.8 Å². The van der Waals surface area contributed by atoms with Gasteiger partial charge in [0.2, 0.25) is 10.0 Å². The van der Waals surface area contributed by atoms with Crippen molar-refractivity contribution in [3.63, 3.8) is 0 Å². The number of carbonyl (C=O) groups excluding carboxylic acids is 1. The minimum atomic E-state index is -3.51. The van der Waals surface area contributed by atoms with Crippen molar-refractivity contribution in [3.05, 3.63) is 65.4 Å². The zero-order chi connectivity index (χ0) is 24.4. The Morgan fingerprint density at radius 3 is 2.54 bits per heavy atom. The minimum Gasteiger partial charge on any atom is -0.351 e. The first kappa shape index (κ1) is 24.0. The number of hydrogen-bond donors (Lipinski definition) is 1. The molecular weight excluding hydrogens is 460 g/mol. The van der Waals surface area contributed by atoms with E-state index in [2.05, 4.69) is 34.5 Å². The quantitative estimate of drug-likeness (QED) is 0.510. The molecule has 7 nitrogen and oxygen atoms in total. The highest BCUT2D eigenvalue weighted by atomic mass is 32.2. The molecule has 0 atom stereocenters. The number of piperidine rings is 1. The van der Waals surface area contributed by atoms with Crippen molar-refractivity contribution in [2.45, 2.75) is 43.5 Å². The van der Waals surface area contributed by atoms with Gasteiger partial charge in [0, 0.05) is 57.2 Å². The van der Waals surface area contributed by atoms with E-state index in [4.69, 9.17) is 0 Å². The summed E-state index contributed by atoms with van der Waals surface area (Å²) in [5, 5.41) is 3.81. The molecule has 0 unspecified atom stereocenters. The van der Waals surface area contributed by atoms with Crippen molar-refractivity contribution in [2.75, 3.05) is 32.7 Å². The Balaban J connectivity index is 1.20. The summed E-state index contributed by atoms with van der Waals surface area (Å²) in [4.78, 5) is 15.6. The fraction of sp³-hybridized carbons (Fsp3) is 0.444. The van der Waals surface area contributed by atoms with Crippen LogP contribution in [0.5, 0.6) is 0 Å². The van der Waals surface area contributed by atoms with Crippen LogP contribution < -0.4 is 5.32 Å². The average molecular weight is 495 g/mol. The molecule has 2 aliphatic rings. The molecule has 3 heterocycles. The second kappa shape index (κ2) is 10.1. The number of hydrogen-bond acceptors (Lipinski definition) is 4. The summed E-state index contributed by atoms with van der Waals surface area (Å²) in [5.74, 6) is -0.131. The average Bonchev–Trinajstić information content (AvgIpc) is 3.22. The third-order valence-corrected chi connectivity index (χ3v) is 9.24. The number of rotatable bonds is 7. The van der Waals surface area contributed by atoms with E-state index in [0.717, 1.165) is 62.6 Å². The monoisotopic (exact) mass is 494 g/mol. The highest BCUT2D eigenvalue weighted by Gasteiger charge is 2.26. The van der Waals surface area contributed by atoms with E-state index in [1.54, 1.807) is 28.6 Å². The van der Waals surface area contributed by atoms with Crippen molar-refractivity contribution < 1.29 is 13.2 Å². The van der Waals surface area contributed by atoms with Gasteiger partial charge in [-0.2, -0.15) is 4.31 Å². The van der Waals surface area contributed by atoms with E-state index in [9.17, 15) is 13.2 Å². The number of aryl methyl sites for hydroxylation is 1. The molecule has 0 bridgehead atoms. The first-order valence-electron chi connectivity index (χ1n) is 12.6. The first-order valence-corrected chi connectivity index (χ1v) is 14.0. The Morgan fingerprint density at radius 2 is 1.74 bits per heavy atom. The molecule has 0 spiro atoms. The molecule has 8 heteroatoms. The fourth-order valence-corrected chi connectivity index (χ4v) is 6.85. The van der Waals surface area contributed by atoms with Crippen molar-refractivity contribution in [1.82, 2.24) is 19.1 Å². The summed E-state index contributed by atoms with van der Waals surface area (Å²) >= 11 is 0. The molecule has 0 aliphatic carbocycles. The van der Waals surface area contributed by atoms with Gasteiger partial charge in [0.1, 0.15) is 5.69 Å². The maximum absolute atomic E-state index is 13.1. The van der Waals surface area contributed by atoms with Crippen LogP contribution >= 0.6 is 0 Å². The maximum Gasteiger partial charge on any atom is 0.267 e. The maximum atomic E-state index is 13.1. The molecule has 1 N–H and O–H groups in total. The lowest BCUT2D eigenvalue weighted by Crippen LogP contribution is -2.35. The fourth-order valence-electron chi connectivity index (χ4n) is 5.30. The summed E-state index contributed by atoms with van der Waals surface area (Å²) in [5.41, 5.74) is 4.24. The molecule has 1 fully saturated rings. The third kappa shape index (κ3) is 5.01. The molecule has 186 valence electrons. The summed E-state index contributed by atoms with van der Waals surface area (Å²) in [6, 6.07) is 15.6. The van der Waals surface area contributed by atoms with Crippen molar-refractivity contribution in [1.29, 1.82) is 0 Å². The zero-order valence-electron chi connectivity index (χ0n) is 20.4. The van der Waals surface area contributed by atoms with Crippen LogP contribution in [0.25, 0.3) is 10.9 Å². The summed E-state index contributed by atoms with van der Waals surface area (Å²) in [7, 11) is -1.66. The van der Waals surface area contributed by atoms with Crippen LogP contribution in [0.4, 0.5) is 0 Å². The molecule has 1 saturated heterocycles. The van der Waals surface area contributed by atoms with Gasteiger partial charge in [-0.05, 0) is 61.1 Å². The molecule has 1 aromatic heterocycles. The van der Waals surface area contributed by atoms with Crippen LogP contribution in [-0.4, -0.2) is 60.8 Å². The molecule has 5 rings (SSSR count). The predicted molar refractivity (Wildman–Crippen MR) is 138 cm³/mol. The molecule has 2 aliphatic heterocycles. The summed E-state index contributed by atoms with van der Waals surface area (Å²) in [6.07, 6.45) is 4.85. The van der Waals surface area contributed by atoms with Crippen LogP contribution in [0, 0.1) is 0 Å². The van der Waals surface area contributed by atoms with Gasteiger partial charge >= 0.3 is 0 Å². The van der Waals surface area contributed by atoms with E-state index in [1.165, 1.54) is 11.1 Å². The van der Waals surface area contributed by atoms with Gasteiger partial charge in [0.15, 0.2) is 0 Å². The molecule has 0 radical (unpaired) electrons. The Hall–Kier alpha value is -2.68. The van der Waals surface area contributed by atoms with Gasteiger partial charge < -0.3 is 9.88 Å². The number of nitrogens with one attached hydrogen (secondary N) is 1. The number of amides is 1. The topological polar surface area (TPSA) is 74.6 Å². The molecule has 1 amide bonds. The molecule has 35 heavy (non-hydrogen) atoms. The van der Waals surface area contributed by atoms with Crippen LogP contribution in [0.1, 0.15) is 47.3 Å². The standard InChI is InChI=1S/C27H34N4O3S/c1-29-25-11-10-24(35(33,34)31-15-5-2-6-16-31)18-23(25)19-26(29)27(32)28-13-7-14-30-17-12-21-8-3-4-9-22(21)20-30/h3-4,8-11,18-19H,2,5-7,12-17,20H2,1H3,(H,28,32). The second-order valence-corrected chi connectivity index (χ2v) is 11.6. The van der Waals surface area contributed by atoms with Gasteiger partial charge in [0.05, 0.1) is 4.90 Å². The van der Waals surface area contributed by atoms with Gasteiger partial charge in [-0.1, -0.05) is 30.7 Å². The number of nitrogens with zero attached hydrogens (tertiary/aromatic N) is 3. The summed E-state index contributed by atoms with van der Waals surface area (Å²) in [6.45, 7) is 4.72. The Labute approximate surface area is 207 Å². The van der Waals surface area contributed by atoms with Gasteiger partial charge in [-0.15, -0.1) is 0 Å². The number of aromatic nitrogens is 1. The van der Waals surface area contributed by atoms with Crippen LogP contribution in [0.2, 0.25) is 0 Å². The van der Waals surface area contributed by atoms with E-state index in [0.29, 0.717) is 30.2 Å². The normalized spacial score (nSPS) is 17.4. The first-order chi connectivity index (χ1) is 16.9. The van der Waals surface area contributed by atoms with Crippen molar-refractivity contribution in [2.24, 2.45) is 7.05 Å². The van der Waals surface area contributed by atoms with E-state index < -0.39 is 10.0 Å². The minimum absolute atomic E-state index is 0.131. The van der Waals surface area contributed by atoms with Crippen LogP contribution in [0.3, 0.4) is 0 Å². The van der Waals surface area contributed by atoms with E-state index in [-0.39, 0.29) is 5.91 Å². The highest BCUT2D eigenvalue weighted by Crippen LogP contribution is 2.26. The lowest BCUT2D eigenvalue weighted by Gasteiger charge is -2.28. The largest absolute Gasteiger partial charge is 0.351 e. The lowest BCUT2D eigenvalue weighted by atomic mass is 10.00. The van der Waals surface area contributed by atoms with E-state index in [1.807, 2.05) is 11.6 Å². The van der Waals surface area contributed by atoms with Crippen molar-refractivity contribution in [3.8, 4) is 0 Å². The smallest absolute Gasteiger partial charge is 0.267 e. The SMILES string of the molecule is Cn1c(C(=O)NCCCN2CCc3ccccc3C2)cc2cc(S(=O)(=O)N3CCCCC3)ccc21. The number of carbonyl (C=O) groups is 1. The number of fused-ring (bicyclic) bond motifs is 2. The lowest BCUT2D eigenvalue weighted by molar-refractivity contribution is 0.0943. The highest BCUT2D eigenvalue weighted by molar-refractivity contribution is 7.89. The molecular formula is C27H34N4O3S.